The molecule has 1 N–H and O–H groups in total. The minimum atomic E-state index is -0.644. The highest BCUT2D eigenvalue weighted by atomic mass is 32.1. The summed E-state index contributed by atoms with van der Waals surface area (Å²) in [4.78, 5) is 14.0. The van der Waals surface area contributed by atoms with Crippen LogP contribution in [0.3, 0.4) is 0 Å². The van der Waals surface area contributed by atoms with Crippen molar-refractivity contribution >= 4 is 27.3 Å². The van der Waals surface area contributed by atoms with Crippen LogP contribution in [0.25, 0.3) is 16.0 Å². The van der Waals surface area contributed by atoms with Crippen LogP contribution in [-0.2, 0) is 6.42 Å². The third kappa shape index (κ3) is 2.18. The predicted molar refractivity (Wildman–Crippen MR) is 81.3 cm³/mol. The fraction of sp³-hybridized carbons (Fsp3) is 0.133. The van der Waals surface area contributed by atoms with Gasteiger partial charge in [-0.25, -0.2) is 4.98 Å². The van der Waals surface area contributed by atoms with E-state index in [1.807, 2.05) is 40.4 Å². The molecule has 3 aromatic heterocycles. The fourth-order valence-corrected chi connectivity index (χ4v) is 3.19. The van der Waals surface area contributed by atoms with Gasteiger partial charge >= 0.3 is 0 Å². The Morgan fingerprint density at radius 1 is 1.24 bits per heavy atom. The third-order valence-corrected chi connectivity index (χ3v) is 4.21. The van der Waals surface area contributed by atoms with Gasteiger partial charge in [-0.15, -0.1) is 11.3 Å². The number of nitrogens with zero attached hydrogens (tertiary/aromatic N) is 4. The number of hydrogen-bond acceptors (Lipinski definition) is 5. The molecule has 5 nitrogen and oxygen atoms in total. The molecule has 0 saturated carbocycles. The lowest BCUT2D eigenvalue weighted by Crippen LogP contribution is -2.04. The molecule has 0 aliphatic carbocycles. The van der Waals surface area contributed by atoms with Crippen molar-refractivity contribution in [1.29, 1.82) is 0 Å². The minimum absolute atomic E-state index is 0.462. The topological polar surface area (TPSA) is 63.3 Å². The molecule has 6 heteroatoms. The van der Waals surface area contributed by atoms with Crippen LogP contribution in [-0.4, -0.2) is 24.5 Å². The van der Waals surface area contributed by atoms with Crippen LogP contribution in [0.1, 0.15) is 17.4 Å². The summed E-state index contributed by atoms with van der Waals surface area (Å²) >= 11 is 1.58. The molecule has 0 saturated heterocycles. The molecule has 4 rings (SSSR count). The second-order valence-electron chi connectivity index (χ2n) is 4.82. The molecule has 3 heterocycles. The first-order valence-corrected chi connectivity index (χ1v) is 7.48. The summed E-state index contributed by atoms with van der Waals surface area (Å²) in [5, 5.41) is 12.5. The lowest BCUT2D eigenvalue weighted by Gasteiger charge is -2.11. The summed E-state index contributed by atoms with van der Waals surface area (Å²) in [6, 6.07) is 5.67. The molecule has 0 aliphatic heterocycles. The van der Waals surface area contributed by atoms with Crippen molar-refractivity contribution in [3.8, 4) is 0 Å². The molecule has 0 spiro atoms. The standard InChI is InChI=1S/C15H12N4OS/c20-13(8-10-9-19-6-7-21-15(19)18-10)11-2-1-3-12-14(11)17-5-4-16-12/h1-7,9,13,20H,8H2. The first-order valence-electron chi connectivity index (χ1n) is 6.60. The molecule has 1 atom stereocenters. The van der Waals surface area contributed by atoms with E-state index in [0.717, 1.165) is 27.3 Å². The molecule has 0 aliphatic rings. The number of aliphatic hydroxyl groups is 1. The average molecular weight is 296 g/mol. The first-order chi connectivity index (χ1) is 10.3. The number of aromatic nitrogens is 4. The second-order valence-corrected chi connectivity index (χ2v) is 5.69. The van der Waals surface area contributed by atoms with Gasteiger partial charge in [0.05, 0.1) is 22.8 Å². The summed E-state index contributed by atoms with van der Waals surface area (Å²) in [6.45, 7) is 0. The van der Waals surface area contributed by atoms with Crippen LogP contribution in [0.2, 0.25) is 0 Å². The van der Waals surface area contributed by atoms with Crippen LogP contribution < -0.4 is 0 Å². The first kappa shape index (κ1) is 12.4. The molecule has 1 unspecified atom stereocenters. The minimum Gasteiger partial charge on any atom is -0.388 e. The number of aliphatic hydroxyl groups excluding tert-OH is 1. The van der Waals surface area contributed by atoms with Crippen LogP contribution in [0.5, 0.6) is 0 Å². The zero-order valence-corrected chi connectivity index (χ0v) is 11.9. The maximum atomic E-state index is 10.5. The predicted octanol–water partition coefficient (Wildman–Crippen LogP) is 2.62. The zero-order valence-electron chi connectivity index (χ0n) is 11.0. The Balaban J connectivity index is 1.69. The Morgan fingerprint density at radius 2 is 2.14 bits per heavy atom. The second kappa shape index (κ2) is 4.91. The van der Waals surface area contributed by atoms with Crippen molar-refractivity contribution in [2.75, 3.05) is 0 Å². The van der Waals surface area contributed by atoms with Gasteiger partial charge in [-0.1, -0.05) is 12.1 Å². The van der Waals surface area contributed by atoms with Crippen LogP contribution in [0, 0.1) is 0 Å². The molecule has 0 fully saturated rings. The molecule has 104 valence electrons. The van der Waals surface area contributed by atoms with Crippen molar-refractivity contribution < 1.29 is 5.11 Å². The van der Waals surface area contributed by atoms with Crippen LogP contribution >= 0.6 is 11.3 Å². The molecule has 4 aromatic rings. The van der Waals surface area contributed by atoms with Crippen molar-refractivity contribution in [2.45, 2.75) is 12.5 Å². The van der Waals surface area contributed by atoms with Crippen molar-refractivity contribution in [3.05, 3.63) is 59.6 Å². The zero-order chi connectivity index (χ0) is 14.2. The number of thiazole rings is 1. The normalized spacial score (nSPS) is 13.0. The fourth-order valence-electron chi connectivity index (χ4n) is 2.47. The molecule has 0 amide bonds. The van der Waals surface area contributed by atoms with Gasteiger partial charge in [-0.05, 0) is 6.07 Å². The smallest absolute Gasteiger partial charge is 0.193 e. The largest absolute Gasteiger partial charge is 0.388 e. The van der Waals surface area contributed by atoms with Gasteiger partial charge < -0.3 is 5.11 Å². The van der Waals surface area contributed by atoms with Crippen molar-refractivity contribution in [2.24, 2.45) is 0 Å². The number of benzene rings is 1. The summed E-state index contributed by atoms with van der Waals surface area (Å²) < 4.78 is 1.97. The van der Waals surface area contributed by atoms with E-state index in [9.17, 15) is 5.11 Å². The van der Waals surface area contributed by atoms with E-state index < -0.39 is 6.10 Å². The quantitative estimate of drug-likeness (QED) is 0.631. The monoisotopic (exact) mass is 296 g/mol. The van der Waals surface area contributed by atoms with Gasteiger partial charge in [0.25, 0.3) is 0 Å². The highest BCUT2D eigenvalue weighted by Gasteiger charge is 2.15. The van der Waals surface area contributed by atoms with Gasteiger partial charge in [0, 0.05) is 42.2 Å². The van der Waals surface area contributed by atoms with Gasteiger partial charge in [0.15, 0.2) is 4.96 Å². The molecule has 0 radical (unpaired) electrons. The van der Waals surface area contributed by atoms with Crippen molar-refractivity contribution in [3.63, 3.8) is 0 Å². The molecule has 21 heavy (non-hydrogen) atoms. The Labute approximate surface area is 124 Å². The highest BCUT2D eigenvalue weighted by molar-refractivity contribution is 7.15. The molecule has 0 bridgehead atoms. The lowest BCUT2D eigenvalue weighted by atomic mass is 10.0. The number of fused-ring (bicyclic) bond motifs is 2. The van der Waals surface area contributed by atoms with Gasteiger partial charge in [-0.3, -0.25) is 14.4 Å². The van der Waals surface area contributed by atoms with Crippen LogP contribution in [0.15, 0.2) is 48.4 Å². The number of rotatable bonds is 3. The highest BCUT2D eigenvalue weighted by Crippen LogP contribution is 2.24. The maximum Gasteiger partial charge on any atom is 0.193 e. The average Bonchev–Trinajstić information content (AvgIpc) is 3.07. The maximum absolute atomic E-state index is 10.5. The number of para-hydroxylation sites is 1. The number of imidazole rings is 1. The van der Waals surface area contributed by atoms with Gasteiger partial charge in [-0.2, -0.15) is 0 Å². The summed E-state index contributed by atoms with van der Waals surface area (Å²) in [5.41, 5.74) is 3.19. The third-order valence-electron chi connectivity index (χ3n) is 3.43. The Bertz CT molecular complexity index is 880. The van der Waals surface area contributed by atoms with E-state index in [4.69, 9.17) is 0 Å². The van der Waals surface area contributed by atoms with E-state index in [0.29, 0.717) is 6.42 Å². The summed E-state index contributed by atoms with van der Waals surface area (Å²) in [6.07, 6.45) is 7.03. The molecular formula is C15H12N4OS. The van der Waals surface area contributed by atoms with Gasteiger partial charge in [0.1, 0.15) is 0 Å². The Kier molecular flexibility index (Phi) is 2.90. The Hall–Kier alpha value is -2.31. The van der Waals surface area contributed by atoms with E-state index in [1.54, 1.807) is 23.7 Å². The summed E-state index contributed by atoms with van der Waals surface area (Å²) in [7, 11) is 0. The SMILES string of the molecule is OC(Cc1cn2ccsc2n1)c1cccc2nccnc12. The Morgan fingerprint density at radius 3 is 3.05 bits per heavy atom. The molecular weight excluding hydrogens is 284 g/mol. The van der Waals surface area contributed by atoms with Gasteiger partial charge in [0.2, 0.25) is 0 Å². The summed E-state index contributed by atoms with van der Waals surface area (Å²) in [5.74, 6) is 0. The van der Waals surface area contributed by atoms with E-state index in [2.05, 4.69) is 15.0 Å². The van der Waals surface area contributed by atoms with Crippen molar-refractivity contribution in [1.82, 2.24) is 19.4 Å². The lowest BCUT2D eigenvalue weighted by molar-refractivity contribution is 0.178. The van der Waals surface area contributed by atoms with Crippen LogP contribution in [0.4, 0.5) is 0 Å². The van der Waals surface area contributed by atoms with E-state index in [-0.39, 0.29) is 0 Å². The van der Waals surface area contributed by atoms with E-state index >= 15 is 0 Å². The molecule has 1 aromatic carbocycles. The van der Waals surface area contributed by atoms with E-state index in [1.165, 1.54) is 0 Å². The number of hydrogen-bond donors (Lipinski definition) is 1.